The topological polar surface area (TPSA) is 92.5 Å². The van der Waals surface area contributed by atoms with Gasteiger partial charge in [-0.25, -0.2) is 19.2 Å². The number of halogens is 2. The summed E-state index contributed by atoms with van der Waals surface area (Å²) in [5.41, 5.74) is 0.886. The first-order valence-corrected chi connectivity index (χ1v) is 10.6. The normalized spacial score (nSPS) is 11.6. The lowest BCUT2D eigenvalue weighted by atomic mass is 10.0. The number of ether oxygens (including phenoxy) is 3. The average Bonchev–Trinajstić information content (AvgIpc) is 3.09. The molecule has 34 heavy (non-hydrogen) atoms. The van der Waals surface area contributed by atoms with Crippen LogP contribution in [0.5, 0.6) is 11.5 Å². The fourth-order valence-corrected chi connectivity index (χ4v) is 3.71. The van der Waals surface area contributed by atoms with Gasteiger partial charge in [-0.15, -0.1) is 0 Å². The summed E-state index contributed by atoms with van der Waals surface area (Å²) in [6.07, 6.45) is 2.17. The number of carbonyl (C=O) groups excluding carboxylic acids is 2. The van der Waals surface area contributed by atoms with Crippen LogP contribution in [-0.4, -0.2) is 39.3 Å². The Morgan fingerprint density at radius 2 is 1.79 bits per heavy atom. The minimum atomic E-state index is -0.768. The van der Waals surface area contributed by atoms with Gasteiger partial charge in [-0.1, -0.05) is 11.6 Å². The van der Waals surface area contributed by atoms with Crippen LogP contribution in [0.1, 0.15) is 27.7 Å². The highest BCUT2D eigenvalue weighted by Gasteiger charge is 2.24. The molecule has 2 aromatic carbocycles. The van der Waals surface area contributed by atoms with Crippen molar-refractivity contribution in [3.63, 3.8) is 0 Å². The summed E-state index contributed by atoms with van der Waals surface area (Å²) in [5.74, 6) is -0.718. The van der Waals surface area contributed by atoms with E-state index in [1.54, 1.807) is 32.9 Å². The van der Waals surface area contributed by atoms with Crippen molar-refractivity contribution in [1.29, 1.82) is 0 Å². The molecule has 2 aromatic heterocycles. The molecular weight excluding hydrogens is 465 g/mol. The second-order valence-electron chi connectivity index (χ2n) is 8.51. The molecule has 0 bridgehead atoms. The lowest BCUT2D eigenvalue weighted by Crippen LogP contribution is -2.26. The van der Waals surface area contributed by atoms with Crippen molar-refractivity contribution >= 4 is 45.5 Å². The predicted molar refractivity (Wildman–Crippen MR) is 125 cm³/mol. The number of hydrogen-bond donors (Lipinski definition) is 0. The van der Waals surface area contributed by atoms with Crippen LogP contribution in [0.25, 0.3) is 33.1 Å². The van der Waals surface area contributed by atoms with Crippen LogP contribution < -0.4 is 9.47 Å². The molecule has 4 aromatic rings. The largest absolute Gasteiger partial charge is 0.493 e. The van der Waals surface area contributed by atoms with Crippen LogP contribution in [-0.2, 0) is 9.53 Å². The summed E-state index contributed by atoms with van der Waals surface area (Å²) in [7, 11) is 1.45. The number of methoxy groups -OCH3 is 1. The van der Waals surface area contributed by atoms with E-state index < -0.39 is 23.5 Å². The summed E-state index contributed by atoms with van der Waals surface area (Å²) < 4.78 is 31.7. The molecule has 0 radical (unpaired) electrons. The maximum absolute atomic E-state index is 14.4. The van der Waals surface area contributed by atoms with E-state index in [1.807, 2.05) is 0 Å². The van der Waals surface area contributed by atoms with Gasteiger partial charge in [-0.3, -0.25) is 9.36 Å². The highest BCUT2D eigenvalue weighted by molar-refractivity contribution is 6.31. The van der Waals surface area contributed by atoms with Crippen LogP contribution in [0.3, 0.4) is 0 Å². The third-order valence-electron chi connectivity index (χ3n) is 4.87. The predicted octanol–water partition coefficient (Wildman–Crippen LogP) is 5.76. The minimum absolute atomic E-state index is 0.115. The molecule has 4 rings (SSSR count). The monoisotopic (exact) mass is 485 g/mol. The van der Waals surface area contributed by atoms with Crippen LogP contribution in [0.15, 0.2) is 36.8 Å². The van der Waals surface area contributed by atoms with Gasteiger partial charge in [0.2, 0.25) is 0 Å². The molecule has 2 heterocycles. The molecule has 0 spiro atoms. The van der Waals surface area contributed by atoms with E-state index in [1.165, 1.54) is 43.3 Å². The second-order valence-corrected chi connectivity index (χ2v) is 8.92. The first kappa shape index (κ1) is 23.4. The molecule has 8 nitrogen and oxygen atoms in total. The van der Waals surface area contributed by atoms with Crippen molar-refractivity contribution in [2.75, 3.05) is 7.11 Å². The Bertz CT molecular complexity index is 1460. The molecule has 0 saturated heterocycles. The number of rotatable bonds is 3. The van der Waals surface area contributed by atoms with Gasteiger partial charge in [0.1, 0.15) is 17.7 Å². The standard InChI is InChI=1S/C24H21ClFN3O5/c1-12(30)33-21-7-14-18(9-20(21)32-5)27-11-28-22(14)15-10-29(23(31)34-24(2,3)4)19-8-17(26)16(25)6-13(15)19/h6-11H,1-5H3. The highest BCUT2D eigenvalue weighted by atomic mass is 35.5. The van der Waals surface area contributed by atoms with Crippen LogP contribution >= 0.6 is 11.6 Å². The van der Waals surface area contributed by atoms with Gasteiger partial charge in [-0.2, -0.15) is 0 Å². The zero-order chi connectivity index (χ0) is 24.8. The zero-order valence-corrected chi connectivity index (χ0v) is 19.9. The molecular formula is C24H21ClFN3O5. The molecule has 0 aliphatic heterocycles. The fourth-order valence-electron chi connectivity index (χ4n) is 3.54. The van der Waals surface area contributed by atoms with E-state index in [9.17, 15) is 14.0 Å². The Labute approximate surface area is 199 Å². The van der Waals surface area contributed by atoms with Crippen LogP contribution in [0, 0.1) is 5.82 Å². The minimum Gasteiger partial charge on any atom is -0.493 e. The number of hydrogen-bond acceptors (Lipinski definition) is 7. The molecule has 0 fully saturated rings. The average molecular weight is 486 g/mol. The SMILES string of the molecule is COc1cc2ncnc(-c3cn(C(=O)OC(C)(C)C)c4cc(F)c(Cl)cc34)c2cc1OC(C)=O. The fraction of sp³-hybridized carbons (Fsp3) is 0.250. The van der Waals surface area contributed by atoms with Crippen LogP contribution in [0.2, 0.25) is 5.02 Å². The van der Waals surface area contributed by atoms with Gasteiger partial charge >= 0.3 is 12.1 Å². The molecule has 0 saturated carbocycles. The maximum Gasteiger partial charge on any atom is 0.419 e. The first-order valence-electron chi connectivity index (χ1n) is 10.2. The molecule has 0 atom stereocenters. The smallest absolute Gasteiger partial charge is 0.419 e. The number of benzene rings is 2. The maximum atomic E-state index is 14.4. The molecule has 0 aliphatic rings. The van der Waals surface area contributed by atoms with E-state index in [0.717, 1.165) is 0 Å². The highest BCUT2D eigenvalue weighted by Crippen LogP contribution is 2.39. The van der Waals surface area contributed by atoms with Crippen molar-refractivity contribution in [3.8, 4) is 22.8 Å². The van der Waals surface area contributed by atoms with Crippen LogP contribution in [0.4, 0.5) is 9.18 Å². The zero-order valence-electron chi connectivity index (χ0n) is 19.1. The second kappa shape index (κ2) is 8.57. The van der Waals surface area contributed by atoms with E-state index in [0.29, 0.717) is 33.3 Å². The molecule has 0 N–H and O–H groups in total. The molecule has 0 aliphatic carbocycles. The Morgan fingerprint density at radius 1 is 1.06 bits per heavy atom. The van der Waals surface area contributed by atoms with Gasteiger partial charge in [0.05, 0.1) is 28.9 Å². The summed E-state index contributed by atoms with van der Waals surface area (Å²) in [6, 6.07) is 5.78. The van der Waals surface area contributed by atoms with Crippen molar-refractivity contribution in [1.82, 2.24) is 14.5 Å². The van der Waals surface area contributed by atoms with E-state index in [-0.39, 0.29) is 16.3 Å². The summed E-state index contributed by atoms with van der Waals surface area (Å²) in [6.45, 7) is 6.47. The number of nitrogens with zero attached hydrogens (tertiary/aromatic N) is 3. The Kier molecular flexibility index (Phi) is 5.91. The van der Waals surface area contributed by atoms with E-state index in [2.05, 4.69) is 9.97 Å². The number of carbonyl (C=O) groups is 2. The summed E-state index contributed by atoms with van der Waals surface area (Å²) in [4.78, 5) is 33.2. The number of aromatic nitrogens is 3. The van der Waals surface area contributed by atoms with E-state index >= 15 is 0 Å². The van der Waals surface area contributed by atoms with Gasteiger partial charge in [0, 0.05) is 41.6 Å². The van der Waals surface area contributed by atoms with Crippen molar-refractivity contribution < 1.29 is 28.2 Å². The summed E-state index contributed by atoms with van der Waals surface area (Å²) in [5, 5.41) is 0.877. The lowest BCUT2D eigenvalue weighted by molar-refractivity contribution is -0.132. The van der Waals surface area contributed by atoms with Gasteiger partial charge < -0.3 is 14.2 Å². The molecule has 10 heteroatoms. The van der Waals surface area contributed by atoms with Crippen molar-refractivity contribution in [2.24, 2.45) is 0 Å². The molecule has 0 unspecified atom stereocenters. The van der Waals surface area contributed by atoms with Gasteiger partial charge in [0.25, 0.3) is 0 Å². The quantitative estimate of drug-likeness (QED) is 0.269. The Balaban J connectivity index is 2.01. The summed E-state index contributed by atoms with van der Waals surface area (Å²) >= 11 is 6.08. The Morgan fingerprint density at radius 3 is 2.44 bits per heavy atom. The third kappa shape index (κ3) is 4.38. The number of fused-ring (bicyclic) bond motifs is 2. The molecule has 0 amide bonds. The van der Waals surface area contributed by atoms with E-state index in [4.69, 9.17) is 25.8 Å². The lowest BCUT2D eigenvalue weighted by Gasteiger charge is -2.19. The first-order chi connectivity index (χ1) is 16.0. The van der Waals surface area contributed by atoms with Gasteiger partial charge in [0.15, 0.2) is 11.5 Å². The third-order valence-corrected chi connectivity index (χ3v) is 5.16. The van der Waals surface area contributed by atoms with Crippen molar-refractivity contribution in [2.45, 2.75) is 33.3 Å². The Hall–Kier alpha value is -3.72. The molecule has 176 valence electrons. The van der Waals surface area contributed by atoms with Gasteiger partial charge in [-0.05, 0) is 32.9 Å². The number of esters is 1. The van der Waals surface area contributed by atoms with Crippen molar-refractivity contribution in [3.05, 3.63) is 47.6 Å².